The van der Waals surface area contributed by atoms with Crippen LogP contribution in [0.2, 0.25) is 0 Å². The third kappa shape index (κ3) is 3.61. The van der Waals surface area contributed by atoms with Crippen LogP contribution in [-0.2, 0) is 0 Å². The molecule has 1 aromatic rings. The SMILES string of the molecule is CC(C)N1CCCC(N2CCN(c3ccc(F)cc3)CC2)C1. The maximum atomic E-state index is 13.0. The van der Waals surface area contributed by atoms with Crippen LogP contribution in [0.4, 0.5) is 10.1 Å². The number of anilines is 1. The molecule has 0 amide bonds. The average Bonchev–Trinajstić information content (AvgIpc) is 2.56. The highest BCUT2D eigenvalue weighted by molar-refractivity contribution is 5.46. The van der Waals surface area contributed by atoms with Gasteiger partial charge in [-0.2, -0.15) is 0 Å². The van der Waals surface area contributed by atoms with E-state index in [2.05, 4.69) is 28.5 Å². The molecule has 2 fully saturated rings. The summed E-state index contributed by atoms with van der Waals surface area (Å²) in [6.07, 6.45) is 2.65. The zero-order chi connectivity index (χ0) is 15.5. The average molecular weight is 305 g/mol. The highest BCUT2D eigenvalue weighted by Crippen LogP contribution is 2.22. The molecule has 22 heavy (non-hydrogen) atoms. The Labute approximate surface area is 133 Å². The Morgan fingerprint density at radius 3 is 2.32 bits per heavy atom. The summed E-state index contributed by atoms with van der Waals surface area (Å²) in [7, 11) is 0. The van der Waals surface area contributed by atoms with Gasteiger partial charge in [0.2, 0.25) is 0 Å². The van der Waals surface area contributed by atoms with E-state index in [1.54, 1.807) is 12.1 Å². The van der Waals surface area contributed by atoms with Gasteiger partial charge in [0.05, 0.1) is 0 Å². The molecule has 2 heterocycles. The summed E-state index contributed by atoms with van der Waals surface area (Å²) < 4.78 is 13.0. The van der Waals surface area contributed by atoms with Gasteiger partial charge in [-0.15, -0.1) is 0 Å². The van der Waals surface area contributed by atoms with Crippen molar-refractivity contribution in [1.29, 1.82) is 0 Å². The first kappa shape index (κ1) is 15.8. The van der Waals surface area contributed by atoms with Crippen LogP contribution >= 0.6 is 0 Å². The van der Waals surface area contributed by atoms with Gasteiger partial charge in [0.15, 0.2) is 0 Å². The van der Waals surface area contributed by atoms with Gasteiger partial charge in [-0.3, -0.25) is 9.80 Å². The van der Waals surface area contributed by atoms with Crippen molar-refractivity contribution in [3.63, 3.8) is 0 Å². The number of hydrogen-bond donors (Lipinski definition) is 0. The number of piperazine rings is 1. The summed E-state index contributed by atoms with van der Waals surface area (Å²) in [5.74, 6) is -0.154. The quantitative estimate of drug-likeness (QED) is 0.850. The number of piperidine rings is 1. The van der Waals surface area contributed by atoms with Crippen LogP contribution in [0.25, 0.3) is 0 Å². The molecule has 122 valence electrons. The fourth-order valence-electron chi connectivity index (χ4n) is 3.75. The van der Waals surface area contributed by atoms with Crippen molar-refractivity contribution < 1.29 is 4.39 Å². The Morgan fingerprint density at radius 2 is 1.68 bits per heavy atom. The van der Waals surface area contributed by atoms with E-state index in [9.17, 15) is 4.39 Å². The van der Waals surface area contributed by atoms with Gasteiger partial charge in [0.25, 0.3) is 0 Å². The van der Waals surface area contributed by atoms with Crippen LogP contribution in [0.3, 0.4) is 0 Å². The molecular formula is C18H28FN3. The summed E-state index contributed by atoms with van der Waals surface area (Å²) >= 11 is 0. The van der Waals surface area contributed by atoms with Gasteiger partial charge in [-0.25, -0.2) is 4.39 Å². The van der Waals surface area contributed by atoms with E-state index < -0.39 is 0 Å². The van der Waals surface area contributed by atoms with Gasteiger partial charge in [0, 0.05) is 50.5 Å². The summed E-state index contributed by atoms with van der Waals surface area (Å²) in [4.78, 5) is 7.65. The molecule has 0 spiro atoms. The van der Waals surface area contributed by atoms with Crippen LogP contribution in [-0.4, -0.2) is 61.2 Å². The molecule has 1 unspecified atom stereocenters. The third-order valence-corrected chi connectivity index (χ3v) is 5.18. The molecule has 3 rings (SSSR count). The van der Waals surface area contributed by atoms with E-state index in [1.165, 1.54) is 25.9 Å². The van der Waals surface area contributed by atoms with Crippen molar-refractivity contribution in [3.8, 4) is 0 Å². The van der Waals surface area contributed by atoms with Gasteiger partial charge in [0.1, 0.15) is 5.82 Å². The molecule has 0 aliphatic carbocycles. The summed E-state index contributed by atoms with van der Waals surface area (Å²) in [6, 6.07) is 8.28. The normalized spacial score (nSPS) is 24.9. The fourth-order valence-corrected chi connectivity index (χ4v) is 3.75. The Kier molecular flexibility index (Phi) is 4.99. The smallest absolute Gasteiger partial charge is 0.123 e. The maximum absolute atomic E-state index is 13.0. The van der Waals surface area contributed by atoms with Crippen LogP contribution in [0.1, 0.15) is 26.7 Å². The monoisotopic (exact) mass is 305 g/mol. The van der Waals surface area contributed by atoms with E-state index in [-0.39, 0.29) is 5.82 Å². The van der Waals surface area contributed by atoms with Crippen molar-refractivity contribution in [3.05, 3.63) is 30.1 Å². The highest BCUT2D eigenvalue weighted by Gasteiger charge is 2.28. The zero-order valence-corrected chi connectivity index (χ0v) is 13.8. The predicted octanol–water partition coefficient (Wildman–Crippen LogP) is 2.82. The number of nitrogens with zero attached hydrogens (tertiary/aromatic N) is 3. The summed E-state index contributed by atoms with van der Waals surface area (Å²) in [5.41, 5.74) is 1.15. The number of likely N-dealkylation sites (tertiary alicyclic amines) is 1. The second-order valence-electron chi connectivity index (χ2n) is 6.88. The lowest BCUT2D eigenvalue weighted by molar-refractivity contribution is 0.0761. The maximum Gasteiger partial charge on any atom is 0.123 e. The molecule has 2 aliphatic heterocycles. The van der Waals surface area contributed by atoms with Crippen molar-refractivity contribution in [2.75, 3.05) is 44.2 Å². The van der Waals surface area contributed by atoms with Crippen LogP contribution in [0.5, 0.6) is 0 Å². The lowest BCUT2D eigenvalue weighted by Gasteiger charge is -2.44. The molecule has 2 aliphatic rings. The first-order chi connectivity index (χ1) is 10.6. The van der Waals surface area contributed by atoms with Crippen molar-refractivity contribution >= 4 is 5.69 Å². The number of rotatable bonds is 3. The van der Waals surface area contributed by atoms with E-state index in [4.69, 9.17) is 0 Å². The van der Waals surface area contributed by atoms with E-state index >= 15 is 0 Å². The van der Waals surface area contributed by atoms with Gasteiger partial charge < -0.3 is 4.90 Å². The molecule has 0 saturated carbocycles. The molecule has 0 aromatic heterocycles. The first-order valence-electron chi connectivity index (χ1n) is 8.62. The molecule has 3 nitrogen and oxygen atoms in total. The number of hydrogen-bond acceptors (Lipinski definition) is 3. The minimum atomic E-state index is -0.154. The van der Waals surface area contributed by atoms with E-state index in [1.807, 2.05) is 12.1 Å². The van der Waals surface area contributed by atoms with Gasteiger partial charge in [-0.1, -0.05) is 0 Å². The molecule has 1 atom stereocenters. The predicted molar refractivity (Wildman–Crippen MR) is 89.9 cm³/mol. The summed E-state index contributed by atoms with van der Waals surface area (Å²) in [5, 5.41) is 0. The topological polar surface area (TPSA) is 9.72 Å². The minimum absolute atomic E-state index is 0.154. The molecular weight excluding hydrogens is 277 g/mol. The lowest BCUT2D eigenvalue weighted by Crippen LogP contribution is -2.56. The van der Waals surface area contributed by atoms with E-state index in [0.717, 1.165) is 31.9 Å². The largest absolute Gasteiger partial charge is 0.369 e. The second kappa shape index (κ2) is 6.97. The Balaban J connectivity index is 1.54. The van der Waals surface area contributed by atoms with Crippen molar-refractivity contribution in [2.45, 2.75) is 38.8 Å². The van der Waals surface area contributed by atoms with E-state index in [0.29, 0.717) is 12.1 Å². The third-order valence-electron chi connectivity index (χ3n) is 5.18. The van der Waals surface area contributed by atoms with Gasteiger partial charge in [-0.05, 0) is 57.5 Å². The number of benzene rings is 1. The number of halogens is 1. The fraction of sp³-hybridized carbons (Fsp3) is 0.667. The minimum Gasteiger partial charge on any atom is -0.369 e. The highest BCUT2D eigenvalue weighted by atomic mass is 19.1. The Morgan fingerprint density at radius 1 is 1.00 bits per heavy atom. The second-order valence-corrected chi connectivity index (χ2v) is 6.88. The molecule has 1 aromatic carbocycles. The standard InChI is InChI=1S/C18H28FN3/c1-15(2)22-9-3-4-18(14-22)21-12-10-20(11-13-21)17-7-5-16(19)6-8-17/h5-8,15,18H,3-4,9-14H2,1-2H3. The molecule has 2 saturated heterocycles. The molecule has 0 bridgehead atoms. The Hall–Kier alpha value is -1.13. The lowest BCUT2D eigenvalue weighted by atomic mass is 10.0. The van der Waals surface area contributed by atoms with Crippen LogP contribution in [0.15, 0.2) is 24.3 Å². The molecule has 4 heteroatoms. The summed E-state index contributed by atoms with van der Waals surface area (Å²) in [6.45, 7) is 11.4. The van der Waals surface area contributed by atoms with Crippen molar-refractivity contribution in [2.24, 2.45) is 0 Å². The van der Waals surface area contributed by atoms with Gasteiger partial charge >= 0.3 is 0 Å². The zero-order valence-electron chi connectivity index (χ0n) is 13.8. The molecule has 0 radical (unpaired) electrons. The van der Waals surface area contributed by atoms with Crippen LogP contribution < -0.4 is 4.90 Å². The molecule has 0 N–H and O–H groups in total. The van der Waals surface area contributed by atoms with Crippen molar-refractivity contribution in [1.82, 2.24) is 9.80 Å². The first-order valence-corrected chi connectivity index (χ1v) is 8.62. The van der Waals surface area contributed by atoms with Crippen LogP contribution in [0, 0.1) is 5.82 Å². The Bertz CT molecular complexity index is 466.